The number of rotatable bonds is 6. The van der Waals surface area contributed by atoms with Crippen LogP contribution in [0.1, 0.15) is 0 Å². The minimum atomic E-state index is -3.24. The Hall–Kier alpha value is -2.01. The van der Waals surface area contributed by atoms with Gasteiger partial charge in [-0.1, -0.05) is 12.1 Å². The van der Waals surface area contributed by atoms with Gasteiger partial charge in [0, 0.05) is 43.4 Å². The number of carbonyl (C=O) groups is 1. The normalized spacial score (nSPS) is 15.6. The molecule has 2 amide bonds. The Morgan fingerprint density at radius 2 is 1.96 bits per heavy atom. The fourth-order valence-electron chi connectivity index (χ4n) is 2.76. The number of aromatic nitrogens is 1. The van der Waals surface area contributed by atoms with Gasteiger partial charge in [-0.25, -0.2) is 18.2 Å². The summed E-state index contributed by atoms with van der Waals surface area (Å²) in [5, 5.41) is 2.35. The van der Waals surface area contributed by atoms with Gasteiger partial charge >= 0.3 is 6.03 Å². The second-order valence-electron chi connectivity index (χ2n) is 6.26. The molecule has 0 unspecified atom stereocenters. The second kappa shape index (κ2) is 8.34. The molecule has 1 aliphatic rings. The van der Waals surface area contributed by atoms with Gasteiger partial charge in [0.15, 0.2) is 15.0 Å². The first kappa shape index (κ1) is 19.7. The largest absolute Gasteiger partial charge is 0.379 e. The molecule has 27 heavy (non-hydrogen) atoms. The Morgan fingerprint density at radius 1 is 1.30 bits per heavy atom. The molecule has 1 aromatic carbocycles. The SMILES string of the molecule is CS(=O)(=O)c1ccc(-c2csc(N(CCN3CCOCC3)C(N)=O)n2)cc1. The van der Waals surface area contributed by atoms with Gasteiger partial charge in [-0.2, -0.15) is 0 Å². The number of ether oxygens (including phenoxy) is 1. The van der Waals surface area contributed by atoms with Gasteiger partial charge in [0.05, 0.1) is 23.8 Å². The number of anilines is 1. The van der Waals surface area contributed by atoms with E-state index in [4.69, 9.17) is 10.5 Å². The van der Waals surface area contributed by atoms with E-state index in [1.54, 1.807) is 24.3 Å². The molecule has 1 saturated heterocycles. The van der Waals surface area contributed by atoms with Crippen LogP contribution in [-0.4, -0.2) is 70.0 Å². The van der Waals surface area contributed by atoms with Gasteiger partial charge in [-0.3, -0.25) is 9.80 Å². The number of primary amides is 1. The van der Waals surface area contributed by atoms with Gasteiger partial charge < -0.3 is 10.5 Å². The van der Waals surface area contributed by atoms with Crippen molar-refractivity contribution in [3.63, 3.8) is 0 Å². The highest BCUT2D eigenvalue weighted by Gasteiger charge is 2.19. The van der Waals surface area contributed by atoms with Crippen molar-refractivity contribution in [2.45, 2.75) is 4.90 Å². The Balaban J connectivity index is 1.72. The third kappa shape index (κ3) is 5.04. The Morgan fingerprint density at radius 3 is 2.56 bits per heavy atom. The maximum Gasteiger partial charge on any atom is 0.321 e. The van der Waals surface area contributed by atoms with Gasteiger partial charge in [0.1, 0.15) is 0 Å². The monoisotopic (exact) mass is 410 g/mol. The van der Waals surface area contributed by atoms with Crippen LogP contribution in [0, 0.1) is 0 Å². The maximum atomic E-state index is 11.9. The van der Waals surface area contributed by atoms with Crippen molar-refractivity contribution in [2.24, 2.45) is 5.73 Å². The molecule has 0 bridgehead atoms. The molecule has 146 valence electrons. The fourth-order valence-corrected chi connectivity index (χ4v) is 4.26. The van der Waals surface area contributed by atoms with E-state index in [1.807, 2.05) is 5.38 Å². The van der Waals surface area contributed by atoms with Crippen LogP contribution in [0.25, 0.3) is 11.3 Å². The molecule has 8 nitrogen and oxygen atoms in total. The molecular weight excluding hydrogens is 388 g/mol. The number of hydrogen-bond donors (Lipinski definition) is 1. The molecular formula is C17H22N4O4S2. The number of hydrogen-bond acceptors (Lipinski definition) is 7. The zero-order valence-corrected chi connectivity index (χ0v) is 16.6. The molecule has 0 saturated carbocycles. The predicted octanol–water partition coefficient (Wildman–Crippen LogP) is 1.43. The zero-order chi connectivity index (χ0) is 19.4. The number of amides is 2. The van der Waals surface area contributed by atoms with Crippen LogP contribution >= 0.6 is 11.3 Å². The van der Waals surface area contributed by atoms with Gasteiger partial charge in [-0.15, -0.1) is 11.3 Å². The second-order valence-corrected chi connectivity index (χ2v) is 9.11. The Labute approximate surface area is 162 Å². The van der Waals surface area contributed by atoms with Crippen molar-refractivity contribution in [3.8, 4) is 11.3 Å². The van der Waals surface area contributed by atoms with Crippen molar-refractivity contribution in [2.75, 3.05) is 50.5 Å². The van der Waals surface area contributed by atoms with Crippen molar-refractivity contribution in [1.29, 1.82) is 0 Å². The third-order valence-electron chi connectivity index (χ3n) is 4.31. The molecule has 2 heterocycles. The summed E-state index contributed by atoms with van der Waals surface area (Å²) in [5.74, 6) is 0. The smallest absolute Gasteiger partial charge is 0.321 e. The number of urea groups is 1. The first-order valence-electron chi connectivity index (χ1n) is 8.48. The van der Waals surface area contributed by atoms with E-state index in [0.717, 1.165) is 18.7 Å². The molecule has 0 spiro atoms. The molecule has 2 aromatic rings. The van der Waals surface area contributed by atoms with Crippen LogP contribution in [0.4, 0.5) is 9.93 Å². The van der Waals surface area contributed by atoms with E-state index in [-0.39, 0.29) is 4.90 Å². The highest BCUT2D eigenvalue weighted by molar-refractivity contribution is 7.90. The number of nitrogens with two attached hydrogens (primary N) is 1. The molecule has 2 N–H and O–H groups in total. The minimum absolute atomic E-state index is 0.256. The van der Waals surface area contributed by atoms with Crippen LogP contribution < -0.4 is 10.6 Å². The number of nitrogens with zero attached hydrogens (tertiary/aromatic N) is 3. The average Bonchev–Trinajstić information content (AvgIpc) is 3.12. The summed E-state index contributed by atoms with van der Waals surface area (Å²) in [7, 11) is -3.24. The quantitative estimate of drug-likeness (QED) is 0.772. The van der Waals surface area contributed by atoms with Crippen molar-refractivity contribution >= 4 is 32.3 Å². The van der Waals surface area contributed by atoms with E-state index in [2.05, 4.69) is 9.88 Å². The van der Waals surface area contributed by atoms with E-state index >= 15 is 0 Å². The molecule has 1 fully saturated rings. The lowest BCUT2D eigenvalue weighted by atomic mass is 10.2. The molecule has 3 rings (SSSR count). The van der Waals surface area contributed by atoms with Crippen molar-refractivity contribution in [1.82, 2.24) is 9.88 Å². The number of carbonyl (C=O) groups excluding carboxylic acids is 1. The van der Waals surface area contributed by atoms with E-state index < -0.39 is 15.9 Å². The van der Waals surface area contributed by atoms with Gasteiger partial charge in [0.2, 0.25) is 0 Å². The topological polar surface area (TPSA) is 106 Å². The summed E-state index contributed by atoms with van der Waals surface area (Å²) in [5.41, 5.74) is 7.00. The van der Waals surface area contributed by atoms with E-state index in [0.29, 0.717) is 37.1 Å². The minimum Gasteiger partial charge on any atom is -0.379 e. The van der Waals surface area contributed by atoms with Crippen LogP contribution in [0.15, 0.2) is 34.5 Å². The van der Waals surface area contributed by atoms with Gasteiger partial charge in [0.25, 0.3) is 0 Å². The van der Waals surface area contributed by atoms with Crippen LogP contribution in [0.3, 0.4) is 0 Å². The molecule has 0 radical (unpaired) electrons. The van der Waals surface area contributed by atoms with Crippen molar-refractivity contribution in [3.05, 3.63) is 29.6 Å². The standard InChI is InChI=1S/C17H22N4O4S2/c1-27(23,24)14-4-2-13(3-5-14)15-12-26-17(19-15)21(16(18)22)7-6-20-8-10-25-11-9-20/h2-5,12H,6-11H2,1H3,(H2,18,22). The lowest BCUT2D eigenvalue weighted by molar-refractivity contribution is 0.0393. The number of benzene rings is 1. The highest BCUT2D eigenvalue weighted by Crippen LogP contribution is 2.28. The first-order chi connectivity index (χ1) is 12.8. The number of thiazole rings is 1. The summed E-state index contributed by atoms with van der Waals surface area (Å²) in [6.07, 6.45) is 1.17. The Bertz CT molecular complexity index is 890. The summed E-state index contributed by atoms with van der Waals surface area (Å²) < 4.78 is 28.5. The van der Waals surface area contributed by atoms with Crippen molar-refractivity contribution < 1.29 is 17.9 Å². The molecule has 0 atom stereocenters. The lowest BCUT2D eigenvalue weighted by Gasteiger charge is -2.28. The summed E-state index contributed by atoms with van der Waals surface area (Å²) in [4.78, 5) is 20.3. The van der Waals surface area contributed by atoms with Crippen LogP contribution in [0.2, 0.25) is 0 Å². The van der Waals surface area contributed by atoms with Gasteiger partial charge in [-0.05, 0) is 12.1 Å². The van der Waals surface area contributed by atoms with Crippen LogP contribution in [-0.2, 0) is 14.6 Å². The first-order valence-corrected chi connectivity index (χ1v) is 11.2. The summed E-state index contributed by atoms with van der Waals surface area (Å²) >= 11 is 1.33. The number of morpholine rings is 1. The summed E-state index contributed by atoms with van der Waals surface area (Å²) in [6, 6.07) is 5.97. The molecule has 1 aliphatic heterocycles. The van der Waals surface area contributed by atoms with E-state index in [9.17, 15) is 13.2 Å². The Kier molecular flexibility index (Phi) is 6.10. The highest BCUT2D eigenvalue weighted by atomic mass is 32.2. The molecule has 1 aromatic heterocycles. The number of sulfone groups is 1. The third-order valence-corrected chi connectivity index (χ3v) is 6.30. The average molecular weight is 411 g/mol. The summed E-state index contributed by atoms with van der Waals surface area (Å²) in [6.45, 7) is 4.22. The lowest BCUT2D eigenvalue weighted by Crippen LogP contribution is -2.44. The zero-order valence-electron chi connectivity index (χ0n) is 15.0. The fraction of sp³-hybridized carbons (Fsp3) is 0.412. The van der Waals surface area contributed by atoms with Crippen LogP contribution in [0.5, 0.6) is 0 Å². The molecule has 0 aliphatic carbocycles. The van der Waals surface area contributed by atoms with E-state index in [1.165, 1.54) is 22.5 Å². The maximum absolute atomic E-state index is 11.9. The molecule has 10 heteroatoms. The predicted molar refractivity (Wildman–Crippen MR) is 105 cm³/mol.